The van der Waals surface area contributed by atoms with Crippen molar-refractivity contribution in [3.63, 3.8) is 0 Å². The van der Waals surface area contributed by atoms with Crippen LogP contribution >= 0.6 is 11.3 Å². The van der Waals surface area contributed by atoms with Gasteiger partial charge in [0, 0.05) is 36.9 Å². The fourth-order valence-corrected chi connectivity index (χ4v) is 11.0. The lowest BCUT2D eigenvalue weighted by molar-refractivity contribution is 1.08. The normalized spacial score (nSPS) is 11.8. The minimum atomic E-state index is 0.634. The van der Waals surface area contributed by atoms with Crippen LogP contribution in [0.2, 0.25) is 0 Å². The molecule has 0 saturated heterocycles. The topological polar surface area (TPSA) is 38.7 Å². The highest BCUT2D eigenvalue weighted by Crippen LogP contribution is 2.45. The van der Waals surface area contributed by atoms with Crippen LogP contribution in [0.25, 0.3) is 130 Å². The lowest BCUT2D eigenvalue weighted by Crippen LogP contribution is -2.03. The van der Waals surface area contributed by atoms with E-state index < -0.39 is 0 Å². The Kier molecular flexibility index (Phi) is 8.08. The summed E-state index contributed by atoms with van der Waals surface area (Å²) in [6.45, 7) is 0. The van der Waals surface area contributed by atoms with Crippen molar-refractivity contribution in [3.05, 3.63) is 212 Å². The van der Waals surface area contributed by atoms with Crippen molar-refractivity contribution in [3.8, 4) is 56.4 Å². The van der Waals surface area contributed by atoms with Gasteiger partial charge in [-0.3, -0.25) is 0 Å². The maximum absolute atomic E-state index is 5.68. The quantitative estimate of drug-likeness (QED) is 0.162. The van der Waals surface area contributed by atoms with Gasteiger partial charge in [0.05, 0.1) is 0 Å². The summed E-state index contributed by atoms with van der Waals surface area (Å²) in [6, 6.07) is 76.4. The van der Waals surface area contributed by atoms with Crippen LogP contribution in [-0.4, -0.2) is 15.0 Å². The lowest BCUT2D eigenvalue weighted by Gasteiger charge is -2.18. The Morgan fingerprint density at radius 1 is 0.270 bits per heavy atom. The molecule has 11 aromatic carbocycles. The molecule has 0 aliphatic rings. The minimum absolute atomic E-state index is 0.634. The SMILES string of the molecule is c1ccc2cc(-c3ccc4ccccc4c3-c3nc(-c4c(-c5cc6ccccc6c6ccccc56)ccc5ccccc45)nc(-c4cccc5c4sc4ccccc45)n3)ccc2c1. The third-order valence-electron chi connectivity index (χ3n) is 12.7. The van der Waals surface area contributed by atoms with E-state index in [9.17, 15) is 0 Å². The van der Waals surface area contributed by atoms with Crippen molar-refractivity contribution < 1.29 is 0 Å². The van der Waals surface area contributed by atoms with Crippen LogP contribution in [0.4, 0.5) is 0 Å². The second kappa shape index (κ2) is 14.3. The number of aromatic nitrogens is 3. The van der Waals surface area contributed by atoms with Crippen LogP contribution < -0.4 is 0 Å². The van der Waals surface area contributed by atoms with E-state index in [1.165, 1.54) is 47.8 Å². The van der Waals surface area contributed by atoms with Crippen molar-refractivity contribution in [2.75, 3.05) is 0 Å². The Morgan fingerprint density at radius 2 is 0.794 bits per heavy atom. The van der Waals surface area contributed by atoms with Gasteiger partial charge in [0.15, 0.2) is 17.5 Å². The van der Waals surface area contributed by atoms with E-state index in [0.29, 0.717) is 17.5 Å². The molecule has 0 aliphatic carbocycles. The number of fused-ring (bicyclic) bond motifs is 9. The van der Waals surface area contributed by atoms with Gasteiger partial charge >= 0.3 is 0 Å². The average molecular weight is 818 g/mol. The minimum Gasteiger partial charge on any atom is -0.208 e. The molecular formula is C59H35N3S. The molecule has 2 heterocycles. The van der Waals surface area contributed by atoms with Crippen molar-refractivity contribution >= 4 is 85.4 Å². The summed E-state index contributed by atoms with van der Waals surface area (Å²) < 4.78 is 2.40. The zero-order valence-corrected chi connectivity index (χ0v) is 34.8. The molecule has 0 radical (unpaired) electrons. The Labute approximate surface area is 367 Å². The van der Waals surface area contributed by atoms with Crippen LogP contribution in [0.15, 0.2) is 212 Å². The van der Waals surface area contributed by atoms with Crippen LogP contribution in [0.3, 0.4) is 0 Å². The second-order valence-electron chi connectivity index (χ2n) is 16.3. The number of hydrogen-bond acceptors (Lipinski definition) is 4. The van der Waals surface area contributed by atoms with Gasteiger partial charge in [-0.1, -0.05) is 188 Å². The molecular weight excluding hydrogens is 783 g/mol. The number of nitrogens with zero attached hydrogens (tertiary/aromatic N) is 3. The Balaban J connectivity index is 1.17. The Hall–Kier alpha value is -8.05. The summed E-state index contributed by atoms with van der Waals surface area (Å²) >= 11 is 1.79. The van der Waals surface area contributed by atoms with Gasteiger partial charge in [0.1, 0.15) is 0 Å². The standard InChI is InChI=1S/C59H35N3S/c1-2-17-39-34-41(29-28-36(39)14-1)45-32-30-37-15-3-7-20-43(37)54(45)58-60-57(51-26-13-25-50-48-24-11-12-27-53(48)63-56(50)51)61-59(62-58)55-44-21-8-4-16-38(44)31-33-49(55)52-35-40-18-5-6-19-42(40)46-22-9-10-23-47(46)52/h1-35H. The maximum atomic E-state index is 5.68. The monoisotopic (exact) mass is 817 g/mol. The molecule has 63 heavy (non-hydrogen) atoms. The fourth-order valence-electron chi connectivity index (χ4n) is 9.77. The van der Waals surface area contributed by atoms with E-state index in [-0.39, 0.29) is 0 Å². The van der Waals surface area contributed by atoms with Crippen LogP contribution in [0.5, 0.6) is 0 Å². The molecule has 13 rings (SSSR count). The molecule has 0 bridgehead atoms. The first kappa shape index (κ1) is 35.7. The molecule has 3 nitrogen and oxygen atoms in total. The summed E-state index contributed by atoms with van der Waals surface area (Å²) in [6.07, 6.45) is 0. The number of benzene rings is 11. The van der Waals surface area contributed by atoms with E-state index in [1.54, 1.807) is 11.3 Å². The molecule has 13 aromatic rings. The molecule has 292 valence electrons. The molecule has 0 unspecified atom stereocenters. The van der Waals surface area contributed by atoms with Gasteiger partial charge in [-0.25, -0.2) is 15.0 Å². The lowest BCUT2D eigenvalue weighted by atomic mass is 9.88. The summed E-state index contributed by atoms with van der Waals surface area (Å²) in [5.41, 5.74) is 7.35. The fraction of sp³-hybridized carbons (Fsp3) is 0. The second-order valence-corrected chi connectivity index (χ2v) is 17.3. The molecule has 0 N–H and O–H groups in total. The largest absolute Gasteiger partial charge is 0.208 e. The zero-order valence-electron chi connectivity index (χ0n) is 34.0. The highest BCUT2D eigenvalue weighted by Gasteiger charge is 2.24. The Bertz CT molecular complexity index is 4000. The van der Waals surface area contributed by atoms with E-state index in [1.807, 2.05) is 0 Å². The molecule has 0 atom stereocenters. The first-order chi connectivity index (χ1) is 31.2. The molecule has 0 saturated carbocycles. The van der Waals surface area contributed by atoms with Crippen molar-refractivity contribution in [1.82, 2.24) is 15.0 Å². The van der Waals surface area contributed by atoms with Gasteiger partial charge in [-0.15, -0.1) is 11.3 Å². The number of thiophene rings is 1. The molecule has 2 aromatic heterocycles. The maximum Gasteiger partial charge on any atom is 0.165 e. The smallest absolute Gasteiger partial charge is 0.165 e. The van der Waals surface area contributed by atoms with Crippen LogP contribution in [-0.2, 0) is 0 Å². The van der Waals surface area contributed by atoms with Gasteiger partial charge in [-0.05, 0) is 100 Å². The van der Waals surface area contributed by atoms with E-state index in [0.717, 1.165) is 65.2 Å². The summed E-state index contributed by atoms with van der Waals surface area (Å²) in [5, 5.41) is 14.1. The van der Waals surface area contributed by atoms with Crippen molar-refractivity contribution in [2.24, 2.45) is 0 Å². The number of rotatable bonds is 5. The third-order valence-corrected chi connectivity index (χ3v) is 13.9. The first-order valence-corrected chi connectivity index (χ1v) is 22.2. The van der Waals surface area contributed by atoms with Crippen LogP contribution in [0, 0.1) is 0 Å². The Morgan fingerprint density at radius 3 is 1.54 bits per heavy atom. The molecule has 0 amide bonds. The highest BCUT2D eigenvalue weighted by molar-refractivity contribution is 7.26. The predicted molar refractivity (Wildman–Crippen MR) is 267 cm³/mol. The molecule has 0 fully saturated rings. The van der Waals surface area contributed by atoms with Crippen molar-refractivity contribution in [2.45, 2.75) is 0 Å². The van der Waals surface area contributed by atoms with Gasteiger partial charge in [0.25, 0.3) is 0 Å². The molecule has 0 spiro atoms. The number of hydrogen-bond donors (Lipinski definition) is 0. The van der Waals surface area contributed by atoms with E-state index in [2.05, 4.69) is 212 Å². The van der Waals surface area contributed by atoms with E-state index in [4.69, 9.17) is 15.0 Å². The van der Waals surface area contributed by atoms with Crippen molar-refractivity contribution in [1.29, 1.82) is 0 Å². The summed E-state index contributed by atoms with van der Waals surface area (Å²) in [4.78, 5) is 16.9. The first-order valence-electron chi connectivity index (χ1n) is 21.3. The van der Waals surface area contributed by atoms with E-state index >= 15 is 0 Å². The van der Waals surface area contributed by atoms with Gasteiger partial charge < -0.3 is 0 Å². The van der Waals surface area contributed by atoms with Crippen LogP contribution in [0.1, 0.15) is 0 Å². The van der Waals surface area contributed by atoms with Gasteiger partial charge in [0.2, 0.25) is 0 Å². The predicted octanol–water partition coefficient (Wildman–Crippen LogP) is 16.3. The molecule has 4 heteroatoms. The molecule has 0 aliphatic heterocycles. The van der Waals surface area contributed by atoms with Gasteiger partial charge in [-0.2, -0.15) is 0 Å². The summed E-state index contributed by atoms with van der Waals surface area (Å²) in [5.74, 6) is 1.91. The zero-order chi connectivity index (χ0) is 41.4. The highest BCUT2D eigenvalue weighted by atomic mass is 32.1. The average Bonchev–Trinajstić information content (AvgIpc) is 3.74. The summed E-state index contributed by atoms with van der Waals surface area (Å²) in [7, 11) is 0. The third kappa shape index (κ3) is 5.76.